The fourth-order valence-corrected chi connectivity index (χ4v) is 3.61. The second kappa shape index (κ2) is 3.56. The van der Waals surface area contributed by atoms with Crippen molar-refractivity contribution in [3.05, 3.63) is 16.1 Å². The highest BCUT2D eigenvalue weighted by molar-refractivity contribution is 7.09. The lowest BCUT2D eigenvalue weighted by Gasteiger charge is -2.28. The first-order valence-electron chi connectivity index (χ1n) is 5.99. The van der Waals surface area contributed by atoms with Crippen molar-refractivity contribution in [2.75, 3.05) is 0 Å². The van der Waals surface area contributed by atoms with Gasteiger partial charge in [0.05, 0.1) is 5.54 Å². The molecule has 3 heteroatoms. The molecular weight excluding hydrogens is 204 g/mol. The molecule has 82 valence electrons. The van der Waals surface area contributed by atoms with E-state index >= 15 is 0 Å². The number of nitrogens with zero attached hydrogens (tertiary/aromatic N) is 1. The van der Waals surface area contributed by atoms with E-state index in [0.717, 1.165) is 6.04 Å². The third-order valence-electron chi connectivity index (χ3n) is 3.54. The molecule has 0 saturated heterocycles. The van der Waals surface area contributed by atoms with Gasteiger partial charge in [-0.2, -0.15) is 0 Å². The van der Waals surface area contributed by atoms with E-state index in [1.807, 2.05) is 11.3 Å². The van der Waals surface area contributed by atoms with Crippen LogP contribution in [-0.2, 0) is 5.54 Å². The van der Waals surface area contributed by atoms with E-state index in [2.05, 4.69) is 17.6 Å². The molecule has 0 bridgehead atoms. The minimum Gasteiger partial charge on any atom is -0.303 e. The van der Waals surface area contributed by atoms with Gasteiger partial charge in [0.25, 0.3) is 0 Å². The number of thiazole rings is 1. The molecule has 0 atom stereocenters. The highest BCUT2D eigenvalue weighted by Gasteiger charge is 2.41. The van der Waals surface area contributed by atoms with Gasteiger partial charge in [-0.05, 0) is 32.6 Å². The fraction of sp³-hybridized carbons (Fsp3) is 0.750. The third-order valence-corrected chi connectivity index (χ3v) is 4.71. The van der Waals surface area contributed by atoms with E-state index in [4.69, 9.17) is 4.98 Å². The van der Waals surface area contributed by atoms with E-state index in [0.29, 0.717) is 0 Å². The van der Waals surface area contributed by atoms with E-state index < -0.39 is 0 Å². The van der Waals surface area contributed by atoms with Crippen LogP contribution in [0.2, 0.25) is 0 Å². The van der Waals surface area contributed by atoms with Crippen molar-refractivity contribution < 1.29 is 0 Å². The summed E-state index contributed by atoms with van der Waals surface area (Å²) in [5, 5.41) is 7.37. The maximum absolute atomic E-state index is 4.70. The van der Waals surface area contributed by atoms with Gasteiger partial charge in [0.15, 0.2) is 0 Å². The van der Waals surface area contributed by atoms with Gasteiger partial charge in [-0.1, -0.05) is 12.8 Å². The van der Waals surface area contributed by atoms with Gasteiger partial charge in [-0.15, -0.1) is 11.3 Å². The van der Waals surface area contributed by atoms with Crippen molar-refractivity contribution >= 4 is 11.3 Å². The van der Waals surface area contributed by atoms with Gasteiger partial charge in [0.1, 0.15) is 5.01 Å². The van der Waals surface area contributed by atoms with Crippen molar-refractivity contribution in [2.45, 2.75) is 57.0 Å². The first kappa shape index (κ1) is 9.79. The quantitative estimate of drug-likeness (QED) is 0.850. The molecule has 2 saturated carbocycles. The number of hydrogen-bond acceptors (Lipinski definition) is 3. The van der Waals surface area contributed by atoms with Crippen molar-refractivity contribution in [1.82, 2.24) is 10.3 Å². The van der Waals surface area contributed by atoms with Gasteiger partial charge in [0.2, 0.25) is 0 Å². The lowest BCUT2D eigenvalue weighted by atomic mass is 9.98. The summed E-state index contributed by atoms with van der Waals surface area (Å²) >= 11 is 1.84. The molecule has 1 heterocycles. The summed E-state index contributed by atoms with van der Waals surface area (Å²) in [5.41, 5.74) is 1.43. The summed E-state index contributed by atoms with van der Waals surface area (Å²) in [7, 11) is 0. The molecule has 0 radical (unpaired) electrons. The molecule has 1 N–H and O–H groups in total. The Morgan fingerprint density at radius 2 is 2.13 bits per heavy atom. The van der Waals surface area contributed by atoms with Crippen LogP contribution in [-0.4, -0.2) is 11.0 Å². The molecule has 0 unspecified atom stereocenters. The molecule has 2 aliphatic rings. The Bertz CT molecular complexity index is 348. The number of rotatable bonds is 3. The van der Waals surface area contributed by atoms with Crippen molar-refractivity contribution in [3.8, 4) is 0 Å². The van der Waals surface area contributed by atoms with Gasteiger partial charge in [-0.3, -0.25) is 0 Å². The Morgan fingerprint density at radius 1 is 1.40 bits per heavy atom. The summed E-state index contributed by atoms with van der Waals surface area (Å²) in [5.74, 6) is 0. The molecule has 2 fully saturated rings. The zero-order valence-electron chi connectivity index (χ0n) is 9.25. The average molecular weight is 222 g/mol. The van der Waals surface area contributed by atoms with Gasteiger partial charge < -0.3 is 5.32 Å². The van der Waals surface area contributed by atoms with Crippen LogP contribution in [0.4, 0.5) is 0 Å². The van der Waals surface area contributed by atoms with E-state index in [-0.39, 0.29) is 5.54 Å². The zero-order valence-corrected chi connectivity index (χ0v) is 10.1. The molecular formula is C12H18N2S. The summed E-state index contributed by atoms with van der Waals surface area (Å²) < 4.78 is 0. The molecule has 2 nitrogen and oxygen atoms in total. The summed E-state index contributed by atoms with van der Waals surface area (Å²) in [6, 6.07) is 0.785. The smallest absolute Gasteiger partial charge is 0.113 e. The van der Waals surface area contributed by atoms with Crippen molar-refractivity contribution in [3.63, 3.8) is 0 Å². The van der Waals surface area contributed by atoms with Crippen molar-refractivity contribution in [1.29, 1.82) is 0 Å². The first-order valence-corrected chi connectivity index (χ1v) is 6.87. The zero-order chi connectivity index (χ0) is 10.3. The predicted octanol–water partition coefficient (Wildman–Crippen LogP) is 2.97. The van der Waals surface area contributed by atoms with Crippen LogP contribution in [0.5, 0.6) is 0 Å². The Morgan fingerprint density at radius 3 is 2.67 bits per heavy atom. The van der Waals surface area contributed by atoms with Gasteiger partial charge in [0, 0.05) is 17.1 Å². The Hall–Kier alpha value is -0.410. The number of hydrogen-bond donors (Lipinski definition) is 1. The van der Waals surface area contributed by atoms with Crippen LogP contribution in [0, 0.1) is 6.92 Å². The first-order chi connectivity index (χ1) is 7.28. The Labute approximate surface area is 95.1 Å². The predicted molar refractivity (Wildman–Crippen MR) is 63.2 cm³/mol. The van der Waals surface area contributed by atoms with Crippen LogP contribution < -0.4 is 5.32 Å². The highest BCUT2D eigenvalue weighted by atomic mass is 32.1. The lowest BCUT2D eigenvalue weighted by Crippen LogP contribution is -2.41. The molecule has 0 aromatic carbocycles. The molecule has 1 aromatic rings. The number of aromatic nitrogens is 1. The summed E-state index contributed by atoms with van der Waals surface area (Å²) in [4.78, 5) is 4.70. The van der Waals surface area contributed by atoms with Gasteiger partial charge in [-0.25, -0.2) is 4.98 Å². The maximum atomic E-state index is 4.70. The average Bonchev–Trinajstić information content (AvgIpc) is 2.73. The highest BCUT2D eigenvalue weighted by Crippen LogP contribution is 2.42. The second-order valence-electron chi connectivity index (χ2n) is 5.00. The van der Waals surface area contributed by atoms with E-state index in [1.54, 1.807) is 0 Å². The standard InChI is InChI=1S/C12H18N2S/c1-9-8-15-11(13-9)12(6-2-3-7-12)14-10-4-5-10/h8,10,14H,2-7H2,1H3. The van der Waals surface area contributed by atoms with Crippen LogP contribution in [0.1, 0.15) is 49.2 Å². The molecule has 3 rings (SSSR count). The summed E-state index contributed by atoms with van der Waals surface area (Å²) in [6.45, 7) is 2.10. The molecule has 15 heavy (non-hydrogen) atoms. The van der Waals surface area contributed by atoms with Crippen LogP contribution >= 0.6 is 11.3 Å². The Kier molecular flexibility index (Phi) is 2.33. The third kappa shape index (κ3) is 1.83. The fourth-order valence-electron chi connectivity index (χ4n) is 2.59. The molecule has 1 aromatic heterocycles. The SMILES string of the molecule is Cc1csc(C2(NC3CC3)CCCC2)n1. The largest absolute Gasteiger partial charge is 0.303 e. The second-order valence-corrected chi connectivity index (χ2v) is 5.86. The monoisotopic (exact) mass is 222 g/mol. The van der Waals surface area contributed by atoms with E-state index in [1.165, 1.54) is 49.2 Å². The Balaban J connectivity index is 1.88. The number of nitrogens with one attached hydrogen (secondary N) is 1. The van der Waals surface area contributed by atoms with Gasteiger partial charge >= 0.3 is 0 Å². The maximum Gasteiger partial charge on any atom is 0.113 e. The topological polar surface area (TPSA) is 24.9 Å². The van der Waals surface area contributed by atoms with Crippen LogP contribution in [0.25, 0.3) is 0 Å². The minimum absolute atomic E-state index is 0.250. The number of aryl methyl sites for hydroxylation is 1. The lowest BCUT2D eigenvalue weighted by molar-refractivity contribution is 0.336. The van der Waals surface area contributed by atoms with Crippen LogP contribution in [0.3, 0.4) is 0 Å². The summed E-state index contributed by atoms with van der Waals surface area (Å²) in [6.07, 6.45) is 8.03. The van der Waals surface area contributed by atoms with E-state index in [9.17, 15) is 0 Å². The molecule has 0 spiro atoms. The van der Waals surface area contributed by atoms with Crippen LogP contribution in [0.15, 0.2) is 5.38 Å². The molecule has 0 amide bonds. The van der Waals surface area contributed by atoms with Crippen molar-refractivity contribution in [2.24, 2.45) is 0 Å². The molecule has 2 aliphatic carbocycles. The minimum atomic E-state index is 0.250. The normalized spacial score (nSPS) is 24.6. The molecule has 0 aliphatic heterocycles.